The summed E-state index contributed by atoms with van der Waals surface area (Å²) in [6, 6.07) is 6.59. The molecule has 2 N–H and O–H groups in total. The molecule has 0 radical (unpaired) electrons. The first-order chi connectivity index (χ1) is 10.1. The molecule has 2 rings (SSSR count). The number of methoxy groups -OCH3 is 1. The number of rotatable bonds is 6. The van der Waals surface area contributed by atoms with Gasteiger partial charge in [-0.05, 0) is 42.5 Å². The smallest absolute Gasteiger partial charge is 0.0741 e. The maximum Gasteiger partial charge on any atom is 0.0741 e. The van der Waals surface area contributed by atoms with Crippen LogP contribution in [0.5, 0.6) is 0 Å². The van der Waals surface area contributed by atoms with Gasteiger partial charge in [0.05, 0.1) is 12.7 Å². The number of nitrogens with zero attached hydrogens (tertiary/aromatic N) is 1. The maximum atomic E-state index is 10.0. The van der Waals surface area contributed by atoms with Crippen molar-refractivity contribution in [2.45, 2.75) is 32.9 Å². The van der Waals surface area contributed by atoms with Gasteiger partial charge in [0, 0.05) is 39.0 Å². The van der Waals surface area contributed by atoms with Crippen LogP contribution in [0.1, 0.15) is 24.5 Å². The molecule has 4 nitrogen and oxygen atoms in total. The molecule has 1 fully saturated rings. The summed E-state index contributed by atoms with van der Waals surface area (Å²) in [7, 11) is 1.72. The molecule has 1 aromatic carbocycles. The normalized spacial score (nSPS) is 22.6. The monoisotopic (exact) mass is 292 g/mol. The molecule has 118 valence electrons. The molecule has 1 aliphatic heterocycles. The minimum absolute atomic E-state index is 0.213. The highest BCUT2D eigenvalue weighted by Crippen LogP contribution is 2.25. The summed E-state index contributed by atoms with van der Waals surface area (Å²) in [5, 5.41) is 13.4. The Morgan fingerprint density at radius 2 is 2.24 bits per heavy atom. The van der Waals surface area contributed by atoms with E-state index < -0.39 is 0 Å². The summed E-state index contributed by atoms with van der Waals surface area (Å²) in [6.07, 6.45) is 0.843. The first-order valence-corrected chi connectivity index (χ1v) is 7.84. The van der Waals surface area contributed by atoms with Gasteiger partial charge in [-0.3, -0.25) is 0 Å². The van der Waals surface area contributed by atoms with Gasteiger partial charge in [-0.1, -0.05) is 13.0 Å². The molecule has 0 bridgehead atoms. The number of anilines is 1. The van der Waals surface area contributed by atoms with E-state index in [1.54, 1.807) is 7.11 Å². The highest BCUT2D eigenvalue weighted by atomic mass is 16.5. The van der Waals surface area contributed by atoms with Crippen LogP contribution in [-0.2, 0) is 11.3 Å². The van der Waals surface area contributed by atoms with E-state index in [0.717, 1.165) is 39.2 Å². The van der Waals surface area contributed by atoms with Gasteiger partial charge in [-0.25, -0.2) is 0 Å². The lowest BCUT2D eigenvalue weighted by atomic mass is 9.95. The fourth-order valence-electron chi connectivity index (χ4n) is 2.76. The lowest BCUT2D eigenvalue weighted by Gasteiger charge is -2.36. The van der Waals surface area contributed by atoms with Crippen molar-refractivity contribution in [3.05, 3.63) is 29.3 Å². The number of hydrogen-bond donors (Lipinski definition) is 2. The first kappa shape index (κ1) is 16.3. The van der Waals surface area contributed by atoms with Crippen LogP contribution < -0.4 is 10.2 Å². The topological polar surface area (TPSA) is 44.7 Å². The number of β-amino-alcohol motifs (C(OH)–C–C–N with tert-alkyl or cyclic N) is 1. The molecule has 4 heteroatoms. The number of benzene rings is 1. The van der Waals surface area contributed by atoms with Crippen LogP contribution >= 0.6 is 0 Å². The minimum Gasteiger partial charge on any atom is -0.391 e. The van der Waals surface area contributed by atoms with Gasteiger partial charge in [-0.2, -0.15) is 0 Å². The molecule has 2 atom stereocenters. The zero-order chi connectivity index (χ0) is 15.2. The average Bonchev–Trinajstić information content (AvgIpc) is 2.48. The van der Waals surface area contributed by atoms with Crippen LogP contribution in [0.3, 0.4) is 0 Å². The summed E-state index contributed by atoms with van der Waals surface area (Å²) in [5.41, 5.74) is 3.84. The minimum atomic E-state index is -0.213. The number of ether oxygens (including phenoxy) is 1. The Morgan fingerprint density at radius 1 is 1.43 bits per heavy atom. The molecule has 0 aliphatic carbocycles. The van der Waals surface area contributed by atoms with Crippen LogP contribution in [0.4, 0.5) is 5.69 Å². The lowest BCUT2D eigenvalue weighted by Crippen LogP contribution is -2.42. The van der Waals surface area contributed by atoms with Gasteiger partial charge in [0.1, 0.15) is 0 Å². The third kappa shape index (κ3) is 4.43. The van der Waals surface area contributed by atoms with Crippen molar-refractivity contribution in [1.29, 1.82) is 0 Å². The van der Waals surface area contributed by atoms with Crippen LogP contribution in [0.2, 0.25) is 0 Å². The lowest BCUT2D eigenvalue weighted by molar-refractivity contribution is 0.103. The third-order valence-corrected chi connectivity index (χ3v) is 4.41. The fourth-order valence-corrected chi connectivity index (χ4v) is 2.76. The predicted molar refractivity (Wildman–Crippen MR) is 86.8 cm³/mol. The zero-order valence-electron chi connectivity index (χ0n) is 13.4. The van der Waals surface area contributed by atoms with E-state index in [-0.39, 0.29) is 6.10 Å². The molecule has 1 saturated heterocycles. The van der Waals surface area contributed by atoms with Crippen molar-refractivity contribution >= 4 is 5.69 Å². The molecule has 1 heterocycles. The molecule has 0 spiro atoms. The first-order valence-electron chi connectivity index (χ1n) is 7.84. The van der Waals surface area contributed by atoms with Crippen LogP contribution in [-0.4, -0.2) is 44.6 Å². The second-order valence-corrected chi connectivity index (χ2v) is 6.06. The van der Waals surface area contributed by atoms with Crippen LogP contribution in [0.25, 0.3) is 0 Å². The largest absolute Gasteiger partial charge is 0.391 e. The molecule has 2 unspecified atom stereocenters. The molecular formula is C17H28N2O2. The molecule has 0 amide bonds. The van der Waals surface area contributed by atoms with Gasteiger partial charge in [-0.15, -0.1) is 0 Å². The summed E-state index contributed by atoms with van der Waals surface area (Å²) in [4.78, 5) is 2.29. The van der Waals surface area contributed by atoms with Gasteiger partial charge in [0.2, 0.25) is 0 Å². The Kier molecular flexibility index (Phi) is 6.03. The van der Waals surface area contributed by atoms with Crippen molar-refractivity contribution in [3.63, 3.8) is 0 Å². The van der Waals surface area contributed by atoms with Crippen molar-refractivity contribution < 1.29 is 9.84 Å². The number of piperidine rings is 1. The van der Waals surface area contributed by atoms with Gasteiger partial charge in [0.25, 0.3) is 0 Å². The Bertz CT molecular complexity index is 450. The van der Waals surface area contributed by atoms with E-state index in [4.69, 9.17) is 4.74 Å². The molecule has 21 heavy (non-hydrogen) atoms. The van der Waals surface area contributed by atoms with Crippen molar-refractivity contribution in [3.8, 4) is 0 Å². The van der Waals surface area contributed by atoms with Crippen molar-refractivity contribution in [2.75, 3.05) is 38.3 Å². The molecule has 0 saturated carbocycles. The Labute approximate surface area is 128 Å². The SMILES string of the molecule is COCCNCc1ccc(N2CCC(C)C(O)C2)cc1C. The van der Waals surface area contributed by atoms with Crippen LogP contribution in [0, 0.1) is 12.8 Å². The summed E-state index contributed by atoms with van der Waals surface area (Å²) in [6.45, 7) is 8.53. The zero-order valence-corrected chi connectivity index (χ0v) is 13.4. The van der Waals surface area contributed by atoms with E-state index in [1.165, 1.54) is 16.8 Å². The number of hydrogen-bond acceptors (Lipinski definition) is 4. The predicted octanol–water partition coefficient (Wildman–Crippen LogP) is 1.94. The third-order valence-electron chi connectivity index (χ3n) is 4.41. The van der Waals surface area contributed by atoms with Gasteiger partial charge < -0.3 is 20.1 Å². The quantitative estimate of drug-likeness (QED) is 0.787. The fraction of sp³-hybridized carbons (Fsp3) is 0.647. The molecule has 0 aromatic heterocycles. The van der Waals surface area contributed by atoms with Gasteiger partial charge in [0.15, 0.2) is 0 Å². The highest BCUT2D eigenvalue weighted by molar-refractivity contribution is 5.51. The second kappa shape index (κ2) is 7.78. The Balaban J connectivity index is 1.95. The number of aliphatic hydroxyl groups excluding tert-OH is 1. The van der Waals surface area contributed by atoms with Crippen molar-refractivity contribution in [2.24, 2.45) is 5.92 Å². The molecule has 1 aliphatic rings. The van der Waals surface area contributed by atoms with Crippen molar-refractivity contribution in [1.82, 2.24) is 5.32 Å². The number of aliphatic hydroxyl groups is 1. The van der Waals surface area contributed by atoms with Crippen LogP contribution in [0.15, 0.2) is 18.2 Å². The number of nitrogens with one attached hydrogen (secondary N) is 1. The van der Waals surface area contributed by atoms with E-state index in [9.17, 15) is 5.11 Å². The molecular weight excluding hydrogens is 264 g/mol. The Hall–Kier alpha value is -1.10. The molecule has 1 aromatic rings. The summed E-state index contributed by atoms with van der Waals surface area (Å²) < 4.78 is 5.03. The van der Waals surface area contributed by atoms with E-state index in [2.05, 4.69) is 42.3 Å². The average molecular weight is 292 g/mol. The number of aryl methyl sites for hydroxylation is 1. The standard InChI is InChI=1S/C17H28N2O2/c1-13-6-8-19(12-17(13)20)16-5-4-15(14(2)10-16)11-18-7-9-21-3/h4-5,10,13,17-18,20H,6-9,11-12H2,1-3H3. The van der Waals surface area contributed by atoms with E-state index in [1.807, 2.05) is 0 Å². The second-order valence-electron chi connectivity index (χ2n) is 6.06. The van der Waals surface area contributed by atoms with E-state index >= 15 is 0 Å². The Morgan fingerprint density at radius 3 is 2.90 bits per heavy atom. The van der Waals surface area contributed by atoms with Gasteiger partial charge >= 0.3 is 0 Å². The maximum absolute atomic E-state index is 10.0. The highest BCUT2D eigenvalue weighted by Gasteiger charge is 2.24. The van der Waals surface area contributed by atoms with E-state index in [0.29, 0.717) is 5.92 Å². The summed E-state index contributed by atoms with van der Waals surface area (Å²) in [5.74, 6) is 0.409. The summed E-state index contributed by atoms with van der Waals surface area (Å²) >= 11 is 0.